The number of rotatable bonds is 4. The number of pyridine rings is 1. The number of amides is 1. The Morgan fingerprint density at radius 1 is 1.07 bits per heavy atom. The Morgan fingerprint density at radius 2 is 1.83 bits per heavy atom. The number of carbonyl (C=O) groups excluding carboxylic acids is 1. The van der Waals surface area contributed by atoms with Crippen LogP contribution in [0.4, 0.5) is 0 Å². The van der Waals surface area contributed by atoms with Crippen molar-refractivity contribution < 1.29 is 9.53 Å². The number of para-hydroxylation sites is 1. The van der Waals surface area contributed by atoms with Gasteiger partial charge in [-0.15, -0.1) is 0 Å². The molecule has 1 saturated heterocycles. The van der Waals surface area contributed by atoms with Crippen LogP contribution in [-0.4, -0.2) is 38.1 Å². The van der Waals surface area contributed by atoms with Crippen LogP contribution in [0.25, 0.3) is 11.0 Å². The van der Waals surface area contributed by atoms with E-state index in [9.17, 15) is 14.4 Å². The molecular weight excluding hydrogens is 384 g/mol. The minimum Gasteiger partial charge on any atom is -0.484 e. The molecule has 3 aromatic rings. The SMILES string of the molecule is Cn1c(=O)c2ccc(C3CCCCN3C(=O)COc3ccccc3)nc2n(C)c1=O. The van der Waals surface area contributed by atoms with Gasteiger partial charge in [0.25, 0.3) is 11.5 Å². The Labute approximate surface area is 173 Å². The van der Waals surface area contributed by atoms with Crippen LogP contribution in [0, 0.1) is 0 Å². The van der Waals surface area contributed by atoms with Crippen molar-refractivity contribution in [2.24, 2.45) is 14.1 Å². The Morgan fingerprint density at radius 3 is 2.60 bits per heavy atom. The predicted octanol–water partition coefficient (Wildman–Crippen LogP) is 1.76. The molecule has 4 rings (SSSR count). The summed E-state index contributed by atoms with van der Waals surface area (Å²) in [6.07, 6.45) is 2.66. The van der Waals surface area contributed by atoms with Crippen molar-refractivity contribution in [2.75, 3.05) is 13.2 Å². The summed E-state index contributed by atoms with van der Waals surface area (Å²) in [5.74, 6) is 0.539. The summed E-state index contributed by atoms with van der Waals surface area (Å²) in [5.41, 5.74) is 0.211. The normalized spacial score (nSPS) is 16.6. The second kappa shape index (κ2) is 8.14. The van der Waals surface area contributed by atoms with E-state index in [1.807, 2.05) is 30.3 Å². The number of benzene rings is 1. The summed E-state index contributed by atoms with van der Waals surface area (Å²) in [5, 5.41) is 0.379. The third-order valence-electron chi connectivity index (χ3n) is 5.59. The van der Waals surface area contributed by atoms with E-state index in [0.29, 0.717) is 29.0 Å². The molecule has 0 aliphatic carbocycles. The van der Waals surface area contributed by atoms with E-state index < -0.39 is 5.69 Å². The summed E-state index contributed by atoms with van der Waals surface area (Å²) in [6.45, 7) is 0.573. The van der Waals surface area contributed by atoms with Gasteiger partial charge in [0.2, 0.25) is 0 Å². The predicted molar refractivity (Wildman–Crippen MR) is 112 cm³/mol. The third kappa shape index (κ3) is 3.60. The smallest absolute Gasteiger partial charge is 0.332 e. The Balaban J connectivity index is 1.64. The molecular formula is C22H24N4O4. The molecule has 1 aliphatic rings. The first kappa shape index (κ1) is 19.9. The van der Waals surface area contributed by atoms with Crippen molar-refractivity contribution in [1.82, 2.24) is 19.0 Å². The molecule has 1 atom stereocenters. The molecule has 0 spiro atoms. The molecule has 2 aromatic heterocycles. The van der Waals surface area contributed by atoms with Gasteiger partial charge < -0.3 is 9.64 Å². The van der Waals surface area contributed by atoms with E-state index in [0.717, 1.165) is 23.8 Å². The molecule has 1 amide bonds. The Bertz CT molecular complexity index is 1200. The summed E-state index contributed by atoms with van der Waals surface area (Å²) < 4.78 is 8.08. The molecule has 1 aromatic carbocycles. The van der Waals surface area contributed by atoms with Gasteiger partial charge in [-0.05, 0) is 43.5 Å². The van der Waals surface area contributed by atoms with Gasteiger partial charge in [-0.3, -0.25) is 18.7 Å². The van der Waals surface area contributed by atoms with E-state index in [1.54, 1.807) is 24.1 Å². The van der Waals surface area contributed by atoms with E-state index in [4.69, 9.17) is 4.74 Å². The number of carbonyl (C=O) groups is 1. The van der Waals surface area contributed by atoms with Crippen molar-refractivity contribution >= 4 is 16.9 Å². The van der Waals surface area contributed by atoms with Gasteiger partial charge in [0.1, 0.15) is 11.4 Å². The summed E-state index contributed by atoms with van der Waals surface area (Å²) in [7, 11) is 3.05. The average Bonchev–Trinajstić information content (AvgIpc) is 2.80. The van der Waals surface area contributed by atoms with Crippen LogP contribution in [-0.2, 0) is 18.9 Å². The summed E-state index contributed by atoms with van der Waals surface area (Å²) >= 11 is 0. The zero-order valence-electron chi connectivity index (χ0n) is 17.1. The Kier molecular flexibility index (Phi) is 5.39. The van der Waals surface area contributed by atoms with Gasteiger partial charge in [0.15, 0.2) is 6.61 Å². The third-order valence-corrected chi connectivity index (χ3v) is 5.59. The van der Waals surface area contributed by atoms with Crippen LogP contribution >= 0.6 is 0 Å². The molecule has 1 unspecified atom stereocenters. The lowest BCUT2D eigenvalue weighted by atomic mass is 9.98. The molecule has 1 aliphatic heterocycles. The zero-order chi connectivity index (χ0) is 21.3. The fourth-order valence-corrected chi connectivity index (χ4v) is 3.94. The lowest BCUT2D eigenvalue weighted by Gasteiger charge is -2.35. The average molecular weight is 408 g/mol. The van der Waals surface area contributed by atoms with Gasteiger partial charge in [0, 0.05) is 20.6 Å². The number of nitrogens with zero attached hydrogens (tertiary/aromatic N) is 4. The number of aryl methyl sites for hydroxylation is 1. The fourth-order valence-electron chi connectivity index (χ4n) is 3.94. The lowest BCUT2D eigenvalue weighted by molar-refractivity contribution is -0.137. The molecule has 0 bridgehead atoms. The topological polar surface area (TPSA) is 86.4 Å². The molecule has 8 nitrogen and oxygen atoms in total. The van der Waals surface area contributed by atoms with Crippen LogP contribution in [0.1, 0.15) is 31.0 Å². The van der Waals surface area contributed by atoms with Crippen molar-refractivity contribution in [3.8, 4) is 5.75 Å². The number of ether oxygens (including phenoxy) is 1. The second-order valence-electron chi connectivity index (χ2n) is 7.51. The van der Waals surface area contributed by atoms with Crippen molar-refractivity contribution in [1.29, 1.82) is 0 Å². The largest absolute Gasteiger partial charge is 0.484 e. The maximum absolute atomic E-state index is 12.9. The first-order valence-electron chi connectivity index (χ1n) is 10.0. The number of likely N-dealkylation sites (tertiary alicyclic amines) is 1. The maximum Gasteiger partial charge on any atom is 0.332 e. The quantitative estimate of drug-likeness (QED) is 0.657. The lowest BCUT2D eigenvalue weighted by Crippen LogP contribution is -2.41. The van der Waals surface area contributed by atoms with Crippen LogP contribution in [0.3, 0.4) is 0 Å². The van der Waals surface area contributed by atoms with Crippen molar-refractivity contribution in [3.63, 3.8) is 0 Å². The molecule has 0 radical (unpaired) electrons. The Hall–Kier alpha value is -3.42. The standard InChI is InChI=1S/C22H24N4O4/c1-24-20-16(21(28)25(2)22(24)29)11-12-17(23-20)18-10-6-7-13-26(18)19(27)14-30-15-8-4-3-5-9-15/h3-5,8-9,11-12,18H,6-7,10,13-14H2,1-2H3. The minimum atomic E-state index is -0.426. The van der Waals surface area contributed by atoms with Crippen LogP contribution in [0.15, 0.2) is 52.1 Å². The number of hydrogen-bond acceptors (Lipinski definition) is 5. The first-order valence-corrected chi connectivity index (χ1v) is 10.0. The second-order valence-corrected chi connectivity index (χ2v) is 7.51. The van der Waals surface area contributed by atoms with E-state index in [1.165, 1.54) is 11.6 Å². The van der Waals surface area contributed by atoms with Gasteiger partial charge in [-0.1, -0.05) is 18.2 Å². The van der Waals surface area contributed by atoms with Gasteiger partial charge >= 0.3 is 5.69 Å². The van der Waals surface area contributed by atoms with Gasteiger partial charge in [-0.25, -0.2) is 9.78 Å². The maximum atomic E-state index is 12.9. The fraction of sp³-hybridized carbons (Fsp3) is 0.364. The van der Waals surface area contributed by atoms with E-state index >= 15 is 0 Å². The van der Waals surface area contributed by atoms with Crippen LogP contribution < -0.4 is 16.0 Å². The van der Waals surface area contributed by atoms with Crippen LogP contribution in [0.2, 0.25) is 0 Å². The minimum absolute atomic E-state index is 0.0485. The molecule has 3 heterocycles. The van der Waals surface area contributed by atoms with Crippen molar-refractivity contribution in [2.45, 2.75) is 25.3 Å². The number of hydrogen-bond donors (Lipinski definition) is 0. The summed E-state index contributed by atoms with van der Waals surface area (Å²) in [4.78, 5) is 44.0. The highest BCUT2D eigenvalue weighted by molar-refractivity contribution is 5.79. The highest BCUT2D eigenvalue weighted by Gasteiger charge is 2.29. The molecule has 0 N–H and O–H groups in total. The molecule has 1 fully saturated rings. The highest BCUT2D eigenvalue weighted by atomic mass is 16.5. The molecule has 30 heavy (non-hydrogen) atoms. The molecule has 0 saturated carbocycles. The number of fused-ring (bicyclic) bond motifs is 1. The molecule has 156 valence electrons. The zero-order valence-corrected chi connectivity index (χ0v) is 17.1. The van der Waals surface area contributed by atoms with E-state index in [-0.39, 0.29) is 24.1 Å². The highest BCUT2D eigenvalue weighted by Crippen LogP contribution is 2.30. The summed E-state index contributed by atoms with van der Waals surface area (Å²) in [6, 6.07) is 12.5. The monoisotopic (exact) mass is 408 g/mol. The van der Waals surface area contributed by atoms with Gasteiger partial charge in [0.05, 0.1) is 17.1 Å². The van der Waals surface area contributed by atoms with Gasteiger partial charge in [-0.2, -0.15) is 0 Å². The number of aromatic nitrogens is 3. The molecule has 8 heteroatoms. The first-order chi connectivity index (χ1) is 14.5. The van der Waals surface area contributed by atoms with Crippen molar-refractivity contribution in [3.05, 3.63) is 69.0 Å². The van der Waals surface area contributed by atoms with Crippen LogP contribution in [0.5, 0.6) is 5.75 Å². The van der Waals surface area contributed by atoms with E-state index in [2.05, 4.69) is 4.98 Å². The number of piperidine rings is 1.